The van der Waals surface area contributed by atoms with Gasteiger partial charge in [-0.25, -0.2) is 8.42 Å². The fourth-order valence-electron chi connectivity index (χ4n) is 2.96. The van der Waals surface area contributed by atoms with E-state index in [1.54, 1.807) is 12.1 Å². The molecule has 0 radical (unpaired) electrons. The standard InChI is InChI=1S/C19H20Cl2N2O5S/c1-12(23(29(2,25)26)16-9-13(20)7-8-15(16)21)19(24)22-10-14-11-27-17-5-3-4-6-18(17)28-14/h3-9,12,14H,10-11H2,1-2H3,(H,22,24)/t12-,14+/m0/s1. The van der Waals surface area contributed by atoms with Crippen LogP contribution >= 0.6 is 23.2 Å². The van der Waals surface area contributed by atoms with Crippen LogP contribution in [0.4, 0.5) is 5.69 Å². The van der Waals surface area contributed by atoms with Crippen molar-refractivity contribution in [3.63, 3.8) is 0 Å². The highest BCUT2D eigenvalue weighted by molar-refractivity contribution is 7.92. The van der Waals surface area contributed by atoms with Gasteiger partial charge in [0.15, 0.2) is 11.5 Å². The Morgan fingerprint density at radius 1 is 1.24 bits per heavy atom. The van der Waals surface area contributed by atoms with E-state index < -0.39 is 28.1 Å². The molecule has 0 unspecified atom stereocenters. The van der Waals surface area contributed by atoms with Gasteiger partial charge in [0.25, 0.3) is 0 Å². The van der Waals surface area contributed by atoms with Crippen LogP contribution in [0.5, 0.6) is 11.5 Å². The largest absolute Gasteiger partial charge is 0.486 e. The quantitative estimate of drug-likeness (QED) is 0.718. The van der Waals surface area contributed by atoms with Gasteiger partial charge in [-0.15, -0.1) is 0 Å². The number of halogens is 2. The number of nitrogens with zero attached hydrogens (tertiary/aromatic N) is 1. The number of ether oxygens (including phenoxy) is 2. The number of nitrogens with one attached hydrogen (secondary N) is 1. The van der Waals surface area contributed by atoms with Gasteiger partial charge >= 0.3 is 0 Å². The number of hydrogen-bond acceptors (Lipinski definition) is 5. The number of rotatable bonds is 6. The van der Waals surface area contributed by atoms with Gasteiger partial charge in [0.2, 0.25) is 15.9 Å². The molecule has 0 spiro atoms. The van der Waals surface area contributed by atoms with Crippen molar-refractivity contribution >= 4 is 44.8 Å². The van der Waals surface area contributed by atoms with E-state index in [4.69, 9.17) is 32.7 Å². The minimum absolute atomic E-state index is 0.135. The van der Waals surface area contributed by atoms with Crippen molar-refractivity contribution in [2.75, 3.05) is 23.7 Å². The first-order chi connectivity index (χ1) is 13.7. The van der Waals surface area contributed by atoms with Crippen LogP contribution in [-0.2, 0) is 14.8 Å². The fourth-order valence-corrected chi connectivity index (χ4v) is 4.57. The number of fused-ring (bicyclic) bond motifs is 1. The molecule has 7 nitrogen and oxygen atoms in total. The molecule has 2 aromatic rings. The molecule has 156 valence electrons. The van der Waals surface area contributed by atoms with E-state index in [-0.39, 0.29) is 23.9 Å². The van der Waals surface area contributed by atoms with E-state index in [0.717, 1.165) is 10.6 Å². The van der Waals surface area contributed by atoms with Gasteiger partial charge in [0.1, 0.15) is 18.8 Å². The number of carbonyl (C=O) groups is 1. The van der Waals surface area contributed by atoms with Crippen molar-refractivity contribution in [1.29, 1.82) is 0 Å². The maximum atomic E-state index is 12.7. The molecule has 29 heavy (non-hydrogen) atoms. The van der Waals surface area contributed by atoms with Crippen molar-refractivity contribution < 1.29 is 22.7 Å². The lowest BCUT2D eigenvalue weighted by Crippen LogP contribution is -2.50. The van der Waals surface area contributed by atoms with Crippen LogP contribution in [0.25, 0.3) is 0 Å². The predicted octanol–water partition coefficient (Wildman–Crippen LogP) is 3.10. The molecule has 0 fully saturated rings. The normalized spacial score (nSPS) is 16.8. The van der Waals surface area contributed by atoms with Crippen molar-refractivity contribution in [2.24, 2.45) is 0 Å². The van der Waals surface area contributed by atoms with Crippen LogP contribution in [-0.4, -0.2) is 45.9 Å². The van der Waals surface area contributed by atoms with Gasteiger partial charge in [0, 0.05) is 5.02 Å². The Bertz CT molecular complexity index is 1020. The average molecular weight is 459 g/mol. The van der Waals surface area contributed by atoms with Gasteiger partial charge in [-0.1, -0.05) is 35.3 Å². The first kappa shape index (κ1) is 21.5. The molecular weight excluding hydrogens is 439 g/mol. The van der Waals surface area contributed by atoms with Gasteiger partial charge in [-0.3, -0.25) is 9.10 Å². The first-order valence-electron chi connectivity index (χ1n) is 8.77. The molecule has 1 amide bonds. The van der Waals surface area contributed by atoms with Gasteiger partial charge < -0.3 is 14.8 Å². The highest BCUT2D eigenvalue weighted by Crippen LogP contribution is 2.33. The second kappa shape index (κ2) is 8.69. The number of benzene rings is 2. The molecule has 0 saturated carbocycles. The minimum atomic E-state index is -3.81. The highest BCUT2D eigenvalue weighted by Gasteiger charge is 2.31. The third-order valence-electron chi connectivity index (χ3n) is 4.31. The maximum absolute atomic E-state index is 12.7. The van der Waals surface area contributed by atoms with Crippen molar-refractivity contribution in [1.82, 2.24) is 5.32 Å². The smallest absolute Gasteiger partial charge is 0.243 e. The Hall–Kier alpha value is -2.16. The Labute approximate surface area is 179 Å². The lowest BCUT2D eigenvalue weighted by Gasteiger charge is -2.30. The number of sulfonamides is 1. The molecule has 0 saturated heterocycles. The number of hydrogen-bond donors (Lipinski definition) is 1. The van der Waals surface area contributed by atoms with Crippen LogP contribution in [0, 0.1) is 0 Å². The topological polar surface area (TPSA) is 84.9 Å². The Morgan fingerprint density at radius 3 is 2.62 bits per heavy atom. The summed E-state index contributed by atoms with van der Waals surface area (Å²) in [6.45, 7) is 1.89. The summed E-state index contributed by atoms with van der Waals surface area (Å²) in [6.07, 6.45) is 0.603. The summed E-state index contributed by atoms with van der Waals surface area (Å²) in [4.78, 5) is 12.7. The zero-order valence-electron chi connectivity index (χ0n) is 15.8. The summed E-state index contributed by atoms with van der Waals surface area (Å²) < 4.78 is 37.1. The average Bonchev–Trinajstić information content (AvgIpc) is 2.67. The van der Waals surface area contributed by atoms with Gasteiger partial charge in [0.05, 0.1) is 23.5 Å². The summed E-state index contributed by atoms with van der Waals surface area (Å²) in [5.41, 5.74) is 0.135. The zero-order chi connectivity index (χ0) is 21.2. The first-order valence-corrected chi connectivity index (χ1v) is 11.4. The van der Waals surface area contributed by atoms with Gasteiger partial charge in [-0.2, -0.15) is 0 Å². The highest BCUT2D eigenvalue weighted by atomic mass is 35.5. The minimum Gasteiger partial charge on any atom is -0.486 e. The molecule has 10 heteroatoms. The van der Waals surface area contributed by atoms with Crippen LogP contribution < -0.4 is 19.1 Å². The summed E-state index contributed by atoms with van der Waals surface area (Å²) >= 11 is 12.1. The second-order valence-corrected chi connectivity index (χ2v) is 9.28. The van der Waals surface area contributed by atoms with Crippen LogP contribution in [0.2, 0.25) is 10.0 Å². The summed E-state index contributed by atoms with van der Waals surface area (Å²) in [7, 11) is -3.81. The fraction of sp³-hybridized carbons (Fsp3) is 0.316. The lowest BCUT2D eigenvalue weighted by atomic mass is 10.2. The molecular formula is C19H20Cl2N2O5S. The monoisotopic (exact) mass is 458 g/mol. The second-order valence-electron chi connectivity index (χ2n) is 6.57. The predicted molar refractivity (Wildman–Crippen MR) is 113 cm³/mol. The molecule has 0 aromatic heterocycles. The number of anilines is 1. The molecule has 1 aliphatic rings. The number of para-hydroxylation sites is 2. The lowest BCUT2D eigenvalue weighted by molar-refractivity contribution is -0.122. The van der Waals surface area contributed by atoms with Crippen LogP contribution in [0.15, 0.2) is 42.5 Å². The van der Waals surface area contributed by atoms with E-state index in [1.807, 2.05) is 12.1 Å². The molecule has 2 atom stereocenters. The summed E-state index contributed by atoms with van der Waals surface area (Å²) in [5, 5.41) is 3.18. The van der Waals surface area contributed by atoms with E-state index >= 15 is 0 Å². The SMILES string of the molecule is C[C@@H](C(=O)NC[C@@H]1COc2ccccc2O1)N(c1cc(Cl)ccc1Cl)S(C)(=O)=O. The van der Waals surface area contributed by atoms with Crippen molar-refractivity contribution in [3.05, 3.63) is 52.5 Å². The molecule has 1 N–H and O–H groups in total. The maximum Gasteiger partial charge on any atom is 0.243 e. The third-order valence-corrected chi connectivity index (χ3v) is 6.09. The number of carbonyl (C=O) groups excluding carboxylic acids is 1. The van der Waals surface area contributed by atoms with E-state index in [0.29, 0.717) is 16.5 Å². The molecule has 3 rings (SSSR count). The van der Waals surface area contributed by atoms with E-state index in [1.165, 1.54) is 25.1 Å². The number of amides is 1. The van der Waals surface area contributed by atoms with Crippen molar-refractivity contribution in [3.8, 4) is 11.5 Å². The molecule has 2 aromatic carbocycles. The van der Waals surface area contributed by atoms with Crippen molar-refractivity contribution in [2.45, 2.75) is 19.1 Å². The third kappa shape index (κ3) is 5.07. The summed E-state index contributed by atoms with van der Waals surface area (Å²) in [5.74, 6) is 0.728. The Kier molecular flexibility index (Phi) is 6.45. The molecule has 1 aliphatic heterocycles. The van der Waals surface area contributed by atoms with Gasteiger partial charge in [-0.05, 0) is 37.3 Å². The Morgan fingerprint density at radius 2 is 1.93 bits per heavy atom. The van der Waals surface area contributed by atoms with E-state index in [2.05, 4.69) is 5.32 Å². The Balaban J connectivity index is 1.71. The zero-order valence-corrected chi connectivity index (χ0v) is 18.1. The molecule has 1 heterocycles. The van der Waals surface area contributed by atoms with Crippen LogP contribution in [0.3, 0.4) is 0 Å². The molecule has 0 aliphatic carbocycles. The molecule has 0 bridgehead atoms. The van der Waals surface area contributed by atoms with E-state index in [9.17, 15) is 13.2 Å². The van der Waals surface area contributed by atoms with Crippen LogP contribution in [0.1, 0.15) is 6.92 Å². The summed E-state index contributed by atoms with van der Waals surface area (Å²) in [6, 6.07) is 10.6.